The first-order valence-electron chi connectivity index (χ1n) is 13.2. The van der Waals surface area contributed by atoms with E-state index in [0.29, 0.717) is 26.1 Å². The van der Waals surface area contributed by atoms with Crippen LogP contribution in [0.25, 0.3) is 11.1 Å². The van der Waals surface area contributed by atoms with Crippen LogP contribution in [0.1, 0.15) is 53.0 Å². The van der Waals surface area contributed by atoms with Crippen LogP contribution in [0.2, 0.25) is 0 Å². The molecule has 3 aromatic carbocycles. The lowest BCUT2D eigenvalue weighted by molar-refractivity contribution is -0.138. The number of fused-ring (bicyclic) bond motifs is 3. The normalized spacial score (nSPS) is 18.2. The zero-order valence-electron chi connectivity index (χ0n) is 21.9. The monoisotopic (exact) mass is 534 g/mol. The minimum Gasteiger partial charge on any atom is -0.494 e. The molecule has 0 heterocycles. The van der Waals surface area contributed by atoms with Gasteiger partial charge in [-0.15, -0.1) is 0 Å². The van der Waals surface area contributed by atoms with Gasteiger partial charge in [-0.05, 0) is 114 Å². The maximum absolute atomic E-state index is 11.4. The van der Waals surface area contributed by atoms with Crippen molar-refractivity contribution in [2.45, 2.75) is 51.6 Å². The van der Waals surface area contributed by atoms with Gasteiger partial charge >= 0.3 is 5.97 Å². The number of benzene rings is 3. The molecule has 1 N–H and O–H groups in total. The number of aliphatic carboxylic acids is 1. The quantitative estimate of drug-likeness (QED) is 0.334. The second-order valence-electron chi connectivity index (χ2n) is 10.6. The van der Waals surface area contributed by atoms with Crippen LogP contribution in [-0.4, -0.2) is 38.1 Å². The molecule has 7 heteroatoms. The first kappa shape index (κ1) is 26.3. The number of rotatable bonds is 10. The van der Waals surface area contributed by atoms with Gasteiger partial charge in [-0.2, -0.15) is 0 Å². The lowest BCUT2D eigenvalue weighted by atomic mass is 9.91. The third-order valence-electron chi connectivity index (χ3n) is 7.48. The topological polar surface area (TPSA) is 89.9 Å². The summed E-state index contributed by atoms with van der Waals surface area (Å²) in [6, 6.07) is 18.5. The summed E-state index contributed by atoms with van der Waals surface area (Å²) in [6.07, 6.45) is 5.47. The maximum Gasteiger partial charge on any atom is 0.307 e. The fraction of sp³-hybridized carbons (Fsp3) is 0.387. The van der Waals surface area contributed by atoms with E-state index < -0.39 is 15.8 Å². The fourth-order valence-corrected chi connectivity index (χ4v) is 6.09. The number of carbonyl (C=O) groups is 1. The number of hydrogen-bond acceptors (Lipinski definition) is 5. The van der Waals surface area contributed by atoms with Gasteiger partial charge in [0.1, 0.15) is 27.9 Å². The minimum absolute atomic E-state index is 0.118. The van der Waals surface area contributed by atoms with Crippen molar-refractivity contribution >= 4 is 15.8 Å². The summed E-state index contributed by atoms with van der Waals surface area (Å²) < 4.78 is 34.8. The number of sulfone groups is 1. The van der Waals surface area contributed by atoms with Crippen molar-refractivity contribution in [3.8, 4) is 22.6 Å². The highest BCUT2D eigenvalue weighted by molar-refractivity contribution is 7.90. The third kappa shape index (κ3) is 6.21. The average Bonchev–Trinajstić information content (AvgIpc) is 3.69. The van der Waals surface area contributed by atoms with Crippen LogP contribution in [0.4, 0.5) is 0 Å². The fourth-order valence-electron chi connectivity index (χ4n) is 5.45. The molecule has 6 nitrogen and oxygen atoms in total. The molecule has 0 bridgehead atoms. The molecule has 38 heavy (non-hydrogen) atoms. The molecule has 2 aliphatic carbocycles. The molecule has 0 aliphatic heterocycles. The minimum atomic E-state index is -2.98. The molecule has 5 rings (SSSR count). The van der Waals surface area contributed by atoms with Crippen LogP contribution >= 0.6 is 0 Å². The summed E-state index contributed by atoms with van der Waals surface area (Å²) in [5.41, 5.74) is 8.38. The van der Waals surface area contributed by atoms with Crippen LogP contribution in [0.5, 0.6) is 11.5 Å². The molecule has 200 valence electrons. The first-order valence-corrected chi connectivity index (χ1v) is 15.3. The molecule has 0 aromatic heterocycles. The van der Waals surface area contributed by atoms with E-state index in [4.69, 9.17) is 14.6 Å². The highest BCUT2D eigenvalue weighted by Gasteiger charge is 2.44. The second-order valence-corrected chi connectivity index (χ2v) is 12.9. The number of hydrogen-bond donors (Lipinski definition) is 1. The average molecular weight is 535 g/mol. The van der Waals surface area contributed by atoms with Crippen molar-refractivity contribution in [1.82, 2.24) is 0 Å². The van der Waals surface area contributed by atoms with Crippen LogP contribution in [0.15, 0.2) is 54.6 Å². The van der Waals surface area contributed by atoms with Gasteiger partial charge < -0.3 is 14.6 Å². The van der Waals surface area contributed by atoms with Gasteiger partial charge in [0.25, 0.3) is 0 Å². The van der Waals surface area contributed by atoms with E-state index in [1.807, 2.05) is 30.3 Å². The SMILES string of the molecule is Cc1cc(OCCCS(C)(=O)=O)cc2c1-c1cc(COc3ccc(C4CC4C(=O)O)cc3)ccc1CCC2. The van der Waals surface area contributed by atoms with E-state index in [9.17, 15) is 13.2 Å². The summed E-state index contributed by atoms with van der Waals surface area (Å²) in [4.78, 5) is 11.1. The predicted octanol–water partition coefficient (Wildman–Crippen LogP) is 5.73. The molecule has 0 spiro atoms. The number of aryl methyl sites for hydroxylation is 3. The second kappa shape index (κ2) is 10.8. The lowest BCUT2D eigenvalue weighted by Gasteiger charge is -2.17. The van der Waals surface area contributed by atoms with Crippen molar-refractivity contribution in [3.63, 3.8) is 0 Å². The Labute approximate surface area is 224 Å². The van der Waals surface area contributed by atoms with Crippen molar-refractivity contribution in [3.05, 3.63) is 82.4 Å². The molecule has 3 aromatic rings. The summed E-state index contributed by atoms with van der Waals surface area (Å²) in [6.45, 7) is 2.94. The van der Waals surface area contributed by atoms with Gasteiger partial charge in [-0.1, -0.05) is 24.3 Å². The summed E-state index contributed by atoms with van der Waals surface area (Å²) >= 11 is 0. The molecular formula is C31H34O6S. The standard InChI is InChI=1S/C31H34O6S/c1-20-15-26(36-13-4-14-38(2,34)35)17-24-6-3-5-22-8-7-21(16-28(22)30(20)24)19-37-25-11-9-23(10-12-25)27-18-29(27)31(32)33/h7-12,15-17,27,29H,3-6,13-14,18-19H2,1-2H3,(H,32,33). The largest absolute Gasteiger partial charge is 0.494 e. The van der Waals surface area contributed by atoms with Crippen LogP contribution in [0, 0.1) is 12.8 Å². The summed E-state index contributed by atoms with van der Waals surface area (Å²) in [5.74, 6) is 0.838. The van der Waals surface area contributed by atoms with Crippen molar-refractivity contribution in [1.29, 1.82) is 0 Å². The van der Waals surface area contributed by atoms with E-state index in [-0.39, 0.29) is 17.6 Å². The first-order chi connectivity index (χ1) is 18.2. The Bertz CT molecular complexity index is 1440. The summed E-state index contributed by atoms with van der Waals surface area (Å²) in [5, 5.41) is 9.16. The van der Waals surface area contributed by atoms with Crippen molar-refractivity contribution < 1.29 is 27.8 Å². The van der Waals surface area contributed by atoms with Gasteiger partial charge in [0.15, 0.2) is 0 Å². The van der Waals surface area contributed by atoms with E-state index in [1.54, 1.807) is 0 Å². The Morgan fingerprint density at radius 1 is 0.974 bits per heavy atom. The molecule has 0 radical (unpaired) electrons. The van der Waals surface area contributed by atoms with Gasteiger partial charge in [-0.25, -0.2) is 8.42 Å². The molecule has 1 fully saturated rings. The molecule has 1 saturated carbocycles. The molecular weight excluding hydrogens is 500 g/mol. The van der Waals surface area contributed by atoms with Gasteiger partial charge in [0.2, 0.25) is 0 Å². The van der Waals surface area contributed by atoms with Gasteiger partial charge in [-0.3, -0.25) is 4.79 Å². The number of ether oxygens (including phenoxy) is 2. The molecule has 2 atom stereocenters. The predicted molar refractivity (Wildman–Crippen MR) is 148 cm³/mol. The lowest BCUT2D eigenvalue weighted by Crippen LogP contribution is -2.08. The van der Waals surface area contributed by atoms with Crippen LogP contribution in [-0.2, 0) is 34.1 Å². The molecule has 0 amide bonds. The Hall–Kier alpha value is -3.32. The number of carboxylic acid groups (broad SMARTS) is 1. The third-order valence-corrected chi connectivity index (χ3v) is 8.51. The van der Waals surface area contributed by atoms with Crippen molar-refractivity contribution in [2.75, 3.05) is 18.6 Å². The highest BCUT2D eigenvalue weighted by Crippen LogP contribution is 2.47. The highest BCUT2D eigenvalue weighted by atomic mass is 32.2. The summed E-state index contributed by atoms with van der Waals surface area (Å²) in [7, 11) is -2.98. The smallest absolute Gasteiger partial charge is 0.307 e. The van der Waals surface area contributed by atoms with Gasteiger partial charge in [0.05, 0.1) is 18.3 Å². The Morgan fingerprint density at radius 3 is 2.45 bits per heavy atom. The zero-order chi connectivity index (χ0) is 26.9. The zero-order valence-corrected chi connectivity index (χ0v) is 22.7. The van der Waals surface area contributed by atoms with E-state index in [2.05, 4.69) is 31.2 Å². The van der Waals surface area contributed by atoms with E-state index in [1.165, 1.54) is 28.5 Å². The molecule has 2 aliphatic rings. The Balaban J connectivity index is 1.28. The Kier molecular flexibility index (Phi) is 7.48. The van der Waals surface area contributed by atoms with E-state index >= 15 is 0 Å². The van der Waals surface area contributed by atoms with E-state index in [0.717, 1.165) is 47.5 Å². The van der Waals surface area contributed by atoms with Crippen LogP contribution < -0.4 is 9.47 Å². The number of carboxylic acids is 1. The molecule has 2 unspecified atom stereocenters. The molecule has 0 saturated heterocycles. The van der Waals surface area contributed by atoms with Crippen LogP contribution in [0.3, 0.4) is 0 Å². The maximum atomic E-state index is 11.4. The Morgan fingerprint density at radius 2 is 1.74 bits per heavy atom. The van der Waals surface area contributed by atoms with Crippen molar-refractivity contribution in [2.24, 2.45) is 5.92 Å². The van der Waals surface area contributed by atoms with Gasteiger partial charge in [0, 0.05) is 6.26 Å².